The Labute approximate surface area is 90.8 Å². The molecule has 0 amide bonds. The molecule has 1 aromatic rings. The molecule has 0 N–H and O–H groups in total. The van der Waals surface area contributed by atoms with Gasteiger partial charge in [-0.3, -0.25) is 4.79 Å². The van der Waals surface area contributed by atoms with E-state index in [2.05, 4.69) is 24.3 Å². The molecule has 0 unspecified atom stereocenters. The average molecular weight is 200 g/mol. The van der Waals surface area contributed by atoms with E-state index in [1.165, 1.54) is 24.8 Å². The summed E-state index contributed by atoms with van der Waals surface area (Å²) in [4.78, 5) is 11.1. The van der Waals surface area contributed by atoms with Crippen LogP contribution in [0.2, 0.25) is 0 Å². The fourth-order valence-electron chi connectivity index (χ4n) is 2.06. The third-order valence-electron chi connectivity index (χ3n) is 3.00. The molecule has 0 bridgehead atoms. The summed E-state index contributed by atoms with van der Waals surface area (Å²) in [5, 5.41) is 0. The summed E-state index contributed by atoms with van der Waals surface area (Å²) < 4.78 is 0. The molecule has 1 aliphatic carbocycles. The van der Waals surface area contributed by atoms with Crippen LogP contribution in [-0.2, 0) is 0 Å². The lowest BCUT2D eigenvalue weighted by molar-refractivity contribution is 0.101. The summed E-state index contributed by atoms with van der Waals surface area (Å²) in [6.45, 7) is 1.61. The third-order valence-corrected chi connectivity index (χ3v) is 3.00. The van der Waals surface area contributed by atoms with Crippen LogP contribution in [0.15, 0.2) is 36.4 Å². The van der Waals surface area contributed by atoms with Crippen molar-refractivity contribution < 1.29 is 4.79 Å². The van der Waals surface area contributed by atoms with Gasteiger partial charge in [0, 0.05) is 11.5 Å². The Balaban J connectivity index is 2.19. The second-order valence-electron chi connectivity index (χ2n) is 4.14. The first kappa shape index (κ1) is 10.2. The lowest BCUT2D eigenvalue weighted by atomic mass is 9.89. The van der Waals surface area contributed by atoms with Gasteiger partial charge in [0.05, 0.1) is 0 Å². The van der Waals surface area contributed by atoms with Crippen LogP contribution in [0.5, 0.6) is 0 Å². The smallest absolute Gasteiger partial charge is 0.159 e. The molecule has 0 radical (unpaired) electrons. The summed E-state index contributed by atoms with van der Waals surface area (Å²) in [5.74, 6) is 0.695. The van der Waals surface area contributed by atoms with Crippen molar-refractivity contribution in [3.8, 4) is 0 Å². The van der Waals surface area contributed by atoms with Gasteiger partial charge in [0.25, 0.3) is 0 Å². The van der Waals surface area contributed by atoms with Gasteiger partial charge >= 0.3 is 0 Å². The number of hydrogen-bond donors (Lipinski definition) is 0. The third kappa shape index (κ3) is 2.35. The number of carbonyl (C=O) groups excluding carboxylic acids is 1. The molecule has 0 saturated carbocycles. The molecule has 0 saturated heterocycles. The van der Waals surface area contributed by atoms with Crippen LogP contribution in [0.3, 0.4) is 0 Å². The van der Waals surface area contributed by atoms with Gasteiger partial charge in [0.1, 0.15) is 0 Å². The van der Waals surface area contributed by atoms with Gasteiger partial charge in [-0.05, 0) is 31.7 Å². The molecule has 78 valence electrons. The van der Waals surface area contributed by atoms with E-state index in [9.17, 15) is 4.79 Å². The van der Waals surface area contributed by atoms with E-state index in [4.69, 9.17) is 0 Å². The molecule has 0 spiro atoms. The van der Waals surface area contributed by atoms with Crippen LogP contribution < -0.4 is 0 Å². The van der Waals surface area contributed by atoms with Crippen molar-refractivity contribution in [2.75, 3.05) is 0 Å². The Hall–Kier alpha value is -1.37. The number of ketones is 1. The summed E-state index contributed by atoms with van der Waals surface area (Å²) >= 11 is 0. The number of allylic oxidation sites excluding steroid dienone is 2. The Morgan fingerprint density at radius 3 is 2.53 bits per heavy atom. The standard InChI is InChI=1S/C14H16O/c1-11(15)12-7-9-14(10-8-12)13-5-3-2-4-6-13/h3,5,7-10,13H,2,4,6H2,1H3/t13-/m0/s1. The van der Waals surface area contributed by atoms with Crippen molar-refractivity contribution in [1.82, 2.24) is 0 Å². The summed E-state index contributed by atoms with van der Waals surface area (Å²) in [7, 11) is 0. The summed E-state index contributed by atoms with van der Waals surface area (Å²) in [5.41, 5.74) is 2.13. The van der Waals surface area contributed by atoms with Crippen molar-refractivity contribution in [3.05, 3.63) is 47.5 Å². The lowest BCUT2D eigenvalue weighted by Crippen LogP contribution is -2.00. The van der Waals surface area contributed by atoms with Gasteiger partial charge in [-0.1, -0.05) is 36.4 Å². The zero-order chi connectivity index (χ0) is 10.7. The second-order valence-corrected chi connectivity index (χ2v) is 4.14. The molecular weight excluding hydrogens is 184 g/mol. The van der Waals surface area contributed by atoms with Crippen LogP contribution >= 0.6 is 0 Å². The zero-order valence-corrected chi connectivity index (χ0v) is 9.07. The first-order chi connectivity index (χ1) is 7.27. The Kier molecular flexibility index (Phi) is 3.00. The molecular formula is C14H16O. The van der Waals surface area contributed by atoms with Gasteiger partial charge in [-0.25, -0.2) is 0 Å². The van der Waals surface area contributed by atoms with E-state index >= 15 is 0 Å². The molecule has 1 aliphatic rings. The molecule has 1 nitrogen and oxygen atoms in total. The SMILES string of the molecule is CC(=O)c1ccc([C@H]2C=CCCC2)cc1. The maximum Gasteiger partial charge on any atom is 0.159 e. The maximum atomic E-state index is 11.1. The van der Waals surface area contributed by atoms with Crippen molar-refractivity contribution >= 4 is 5.78 Å². The predicted octanol–water partition coefficient (Wildman–Crippen LogP) is 3.71. The molecule has 1 heteroatoms. The molecule has 0 aliphatic heterocycles. The van der Waals surface area contributed by atoms with Gasteiger partial charge in [-0.2, -0.15) is 0 Å². The fourth-order valence-corrected chi connectivity index (χ4v) is 2.06. The number of Topliss-reactive ketones (excluding diaryl/α,β-unsaturated/α-hetero) is 1. The van der Waals surface area contributed by atoms with Gasteiger partial charge < -0.3 is 0 Å². The monoisotopic (exact) mass is 200 g/mol. The largest absolute Gasteiger partial charge is 0.295 e. The van der Waals surface area contributed by atoms with Crippen molar-refractivity contribution in [3.63, 3.8) is 0 Å². The van der Waals surface area contributed by atoms with Crippen molar-refractivity contribution in [1.29, 1.82) is 0 Å². The van der Waals surface area contributed by atoms with Crippen LogP contribution in [0.1, 0.15) is 48.0 Å². The van der Waals surface area contributed by atoms with E-state index < -0.39 is 0 Å². The first-order valence-corrected chi connectivity index (χ1v) is 5.55. The second kappa shape index (κ2) is 4.43. The molecule has 2 rings (SSSR count). The highest BCUT2D eigenvalue weighted by molar-refractivity contribution is 5.94. The number of rotatable bonds is 2. The quantitative estimate of drug-likeness (QED) is 0.525. The van der Waals surface area contributed by atoms with E-state index in [0.717, 1.165) is 5.56 Å². The Morgan fingerprint density at radius 1 is 1.27 bits per heavy atom. The summed E-state index contributed by atoms with van der Waals surface area (Å²) in [6, 6.07) is 8.02. The maximum absolute atomic E-state index is 11.1. The minimum atomic E-state index is 0.140. The number of hydrogen-bond acceptors (Lipinski definition) is 1. The molecule has 15 heavy (non-hydrogen) atoms. The molecule has 0 fully saturated rings. The normalized spacial score (nSPS) is 20.2. The fraction of sp³-hybridized carbons (Fsp3) is 0.357. The highest BCUT2D eigenvalue weighted by Gasteiger charge is 2.10. The Morgan fingerprint density at radius 2 is 2.00 bits per heavy atom. The van der Waals surface area contributed by atoms with Gasteiger partial charge in [-0.15, -0.1) is 0 Å². The zero-order valence-electron chi connectivity index (χ0n) is 9.07. The molecule has 0 aromatic heterocycles. The van der Waals surface area contributed by atoms with Crippen molar-refractivity contribution in [2.45, 2.75) is 32.1 Å². The van der Waals surface area contributed by atoms with Gasteiger partial charge in [0.2, 0.25) is 0 Å². The molecule has 0 heterocycles. The highest BCUT2D eigenvalue weighted by atomic mass is 16.1. The van der Waals surface area contributed by atoms with Crippen molar-refractivity contribution in [2.24, 2.45) is 0 Å². The topological polar surface area (TPSA) is 17.1 Å². The van der Waals surface area contributed by atoms with E-state index in [1.807, 2.05) is 12.1 Å². The first-order valence-electron chi connectivity index (χ1n) is 5.55. The van der Waals surface area contributed by atoms with Crippen LogP contribution in [0.25, 0.3) is 0 Å². The minimum absolute atomic E-state index is 0.140. The van der Waals surface area contributed by atoms with E-state index in [0.29, 0.717) is 5.92 Å². The highest BCUT2D eigenvalue weighted by Crippen LogP contribution is 2.27. The van der Waals surface area contributed by atoms with Crippen LogP contribution in [0.4, 0.5) is 0 Å². The van der Waals surface area contributed by atoms with E-state index in [-0.39, 0.29) is 5.78 Å². The minimum Gasteiger partial charge on any atom is -0.295 e. The van der Waals surface area contributed by atoms with E-state index in [1.54, 1.807) is 6.92 Å². The summed E-state index contributed by atoms with van der Waals surface area (Å²) in [6.07, 6.45) is 8.26. The lowest BCUT2D eigenvalue weighted by Gasteiger charge is -2.16. The van der Waals surface area contributed by atoms with Crippen LogP contribution in [-0.4, -0.2) is 5.78 Å². The van der Waals surface area contributed by atoms with Crippen LogP contribution in [0, 0.1) is 0 Å². The molecule has 1 atom stereocenters. The predicted molar refractivity (Wildman–Crippen MR) is 62.2 cm³/mol. The average Bonchev–Trinajstić information content (AvgIpc) is 2.30. The number of carbonyl (C=O) groups is 1. The molecule has 1 aromatic carbocycles. The number of benzene rings is 1. The van der Waals surface area contributed by atoms with Gasteiger partial charge in [0.15, 0.2) is 5.78 Å². The Bertz CT molecular complexity index is 373.